The van der Waals surface area contributed by atoms with Gasteiger partial charge in [0.05, 0.1) is 5.56 Å². The van der Waals surface area contributed by atoms with Crippen molar-refractivity contribution in [2.45, 2.75) is 85.7 Å². The van der Waals surface area contributed by atoms with Gasteiger partial charge in [0.1, 0.15) is 6.10 Å². The third kappa shape index (κ3) is 4.43. The average Bonchev–Trinajstić information content (AvgIpc) is 3.31. The largest absolute Gasteiger partial charge is 0.458 e. The van der Waals surface area contributed by atoms with Gasteiger partial charge in [-0.05, 0) is 102 Å². The van der Waals surface area contributed by atoms with E-state index in [0.717, 1.165) is 12.8 Å². The topological polar surface area (TPSA) is 26.3 Å². The Kier molecular flexibility index (Phi) is 6.96. The average molecular weight is 535 g/mol. The molecule has 0 bridgehead atoms. The molecule has 0 N–H and O–H groups in total. The Bertz CT molecular complexity index is 1350. The molecule has 2 heteroatoms. The van der Waals surface area contributed by atoms with Gasteiger partial charge in [-0.1, -0.05) is 107 Å². The summed E-state index contributed by atoms with van der Waals surface area (Å²) >= 11 is 0. The standard InChI is InChI=1S/C38H46O2/c1-26(16-17-27-12-8-6-9-13-27)30-19-20-31-29-18-21-33-36(2,3)34(40-35(39)28-14-10-7-11-15-28)23-25-38(33,5)32(29)22-24-37(30,31)4/h6-17,20,26,30,33-34H,18-19,21-25H2,1-5H3/t26-,30-,33+,34?,37-,38-/m1/s1. The van der Waals surface area contributed by atoms with Crippen LogP contribution in [-0.4, -0.2) is 12.1 Å². The minimum atomic E-state index is -0.177. The van der Waals surface area contributed by atoms with Gasteiger partial charge in [0.25, 0.3) is 0 Å². The zero-order valence-electron chi connectivity index (χ0n) is 25.1. The highest BCUT2D eigenvalue weighted by Crippen LogP contribution is 2.66. The maximum absolute atomic E-state index is 13.0. The molecule has 4 aliphatic carbocycles. The van der Waals surface area contributed by atoms with Crippen molar-refractivity contribution in [3.63, 3.8) is 0 Å². The number of esters is 1. The second-order valence-electron chi connectivity index (χ2n) is 14.1. The van der Waals surface area contributed by atoms with Crippen LogP contribution in [0, 0.1) is 34.0 Å². The smallest absolute Gasteiger partial charge is 0.338 e. The molecule has 2 aromatic rings. The lowest BCUT2D eigenvalue weighted by Gasteiger charge is -2.59. The summed E-state index contributed by atoms with van der Waals surface area (Å²) in [6, 6.07) is 20.2. The fourth-order valence-electron chi connectivity index (χ4n) is 9.44. The van der Waals surface area contributed by atoms with Crippen LogP contribution in [0.1, 0.15) is 95.5 Å². The van der Waals surface area contributed by atoms with Crippen LogP contribution in [0.25, 0.3) is 6.08 Å². The van der Waals surface area contributed by atoms with Crippen LogP contribution in [-0.2, 0) is 4.74 Å². The van der Waals surface area contributed by atoms with Crippen LogP contribution in [0.3, 0.4) is 0 Å². The zero-order valence-corrected chi connectivity index (χ0v) is 25.1. The molecule has 2 aromatic carbocycles. The van der Waals surface area contributed by atoms with Crippen LogP contribution in [0.2, 0.25) is 0 Å². The second kappa shape index (κ2) is 10.2. The van der Waals surface area contributed by atoms with Crippen LogP contribution in [0.5, 0.6) is 0 Å². The molecule has 0 spiro atoms. The first-order valence-electron chi connectivity index (χ1n) is 15.6. The number of ether oxygens (including phenoxy) is 1. The van der Waals surface area contributed by atoms with Gasteiger partial charge in [-0.25, -0.2) is 4.79 Å². The van der Waals surface area contributed by atoms with Crippen molar-refractivity contribution < 1.29 is 9.53 Å². The molecule has 0 amide bonds. The van der Waals surface area contributed by atoms with Gasteiger partial charge in [-0.3, -0.25) is 0 Å². The number of benzene rings is 2. The molecule has 0 aromatic heterocycles. The number of carbonyl (C=O) groups is 1. The van der Waals surface area contributed by atoms with Crippen molar-refractivity contribution in [1.29, 1.82) is 0 Å². The first-order chi connectivity index (χ1) is 19.1. The SMILES string of the molecule is C[C@H](C=Cc1ccccc1)[C@H]1CC=C2C3=C(CC[C@@]21C)[C@@]1(C)CCC(OC(=O)c2ccccc2)C(C)(C)[C@@H]1CC3. The third-order valence-corrected chi connectivity index (χ3v) is 11.7. The Morgan fingerprint density at radius 2 is 1.60 bits per heavy atom. The van der Waals surface area contributed by atoms with E-state index < -0.39 is 0 Å². The maximum atomic E-state index is 13.0. The van der Waals surface area contributed by atoms with Crippen molar-refractivity contribution in [2.75, 3.05) is 0 Å². The Morgan fingerprint density at radius 3 is 2.33 bits per heavy atom. The first kappa shape index (κ1) is 27.3. The molecule has 0 radical (unpaired) electrons. The summed E-state index contributed by atoms with van der Waals surface area (Å²) in [5, 5.41) is 0. The fourth-order valence-corrected chi connectivity index (χ4v) is 9.44. The Labute approximate surface area is 241 Å². The van der Waals surface area contributed by atoms with Crippen LogP contribution in [0.4, 0.5) is 0 Å². The summed E-state index contributed by atoms with van der Waals surface area (Å²) in [5.74, 6) is 1.55. The highest BCUT2D eigenvalue weighted by atomic mass is 16.5. The van der Waals surface area contributed by atoms with E-state index in [9.17, 15) is 4.79 Å². The van der Waals surface area contributed by atoms with Crippen LogP contribution in [0.15, 0.2) is 89.5 Å². The van der Waals surface area contributed by atoms with E-state index >= 15 is 0 Å². The first-order valence-corrected chi connectivity index (χ1v) is 15.6. The van der Waals surface area contributed by atoms with Crippen LogP contribution < -0.4 is 0 Å². The number of fused-ring (bicyclic) bond motifs is 4. The molecule has 210 valence electrons. The van der Waals surface area contributed by atoms with E-state index in [2.05, 4.69) is 83.2 Å². The van der Waals surface area contributed by atoms with E-state index in [-0.39, 0.29) is 28.3 Å². The third-order valence-electron chi connectivity index (χ3n) is 11.7. The van der Waals surface area contributed by atoms with Gasteiger partial charge in [0.15, 0.2) is 0 Å². The van der Waals surface area contributed by atoms with Crippen LogP contribution >= 0.6 is 0 Å². The molecule has 0 heterocycles. The lowest BCUT2D eigenvalue weighted by Crippen LogP contribution is -2.54. The number of hydrogen-bond acceptors (Lipinski definition) is 2. The molecular weight excluding hydrogens is 488 g/mol. The molecule has 6 atom stereocenters. The summed E-state index contributed by atoms with van der Waals surface area (Å²) in [4.78, 5) is 13.0. The second-order valence-corrected chi connectivity index (χ2v) is 14.1. The lowest BCUT2D eigenvalue weighted by atomic mass is 9.46. The Morgan fingerprint density at radius 1 is 0.900 bits per heavy atom. The molecule has 4 aliphatic rings. The molecule has 1 fully saturated rings. The van der Waals surface area contributed by atoms with E-state index in [0.29, 0.717) is 23.3 Å². The van der Waals surface area contributed by atoms with Gasteiger partial charge in [0.2, 0.25) is 0 Å². The number of rotatable bonds is 5. The Balaban J connectivity index is 1.22. The molecular formula is C38H46O2. The molecule has 1 unspecified atom stereocenters. The predicted octanol–water partition coefficient (Wildman–Crippen LogP) is 9.84. The van der Waals surface area contributed by atoms with Crippen molar-refractivity contribution in [3.8, 4) is 0 Å². The van der Waals surface area contributed by atoms with E-state index in [1.807, 2.05) is 30.3 Å². The fraction of sp³-hybridized carbons (Fsp3) is 0.500. The van der Waals surface area contributed by atoms with Gasteiger partial charge in [-0.2, -0.15) is 0 Å². The van der Waals surface area contributed by atoms with Gasteiger partial charge in [0, 0.05) is 5.41 Å². The molecule has 2 nitrogen and oxygen atoms in total. The lowest BCUT2D eigenvalue weighted by molar-refractivity contribution is -0.0992. The van der Waals surface area contributed by atoms with Gasteiger partial charge >= 0.3 is 5.97 Å². The summed E-state index contributed by atoms with van der Waals surface area (Å²) in [7, 11) is 0. The maximum Gasteiger partial charge on any atom is 0.338 e. The number of carbonyl (C=O) groups excluding carboxylic acids is 1. The summed E-state index contributed by atoms with van der Waals surface area (Å²) in [6.07, 6.45) is 15.4. The Hall–Kier alpha value is -2.87. The summed E-state index contributed by atoms with van der Waals surface area (Å²) in [6.45, 7) is 12.3. The molecule has 0 saturated heterocycles. The minimum absolute atomic E-state index is 0.0402. The highest BCUT2D eigenvalue weighted by Gasteiger charge is 2.58. The number of hydrogen-bond donors (Lipinski definition) is 0. The van der Waals surface area contributed by atoms with E-state index in [1.165, 1.54) is 37.7 Å². The normalized spacial score (nSPS) is 33.5. The summed E-state index contributed by atoms with van der Waals surface area (Å²) in [5.41, 5.74) is 7.45. The van der Waals surface area contributed by atoms with E-state index in [4.69, 9.17) is 4.74 Å². The molecule has 0 aliphatic heterocycles. The quantitative estimate of drug-likeness (QED) is 0.357. The summed E-state index contributed by atoms with van der Waals surface area (Å²) < 4.78 is 6.23. The van der Waals surface area contributed by atoms with Crippen molar-refractivity contribution >= 4 is 12.0 Å². The monoisotopic (exact) mass is 534 g/mol. The molecule has 40 heavy (non-hydrogen) atoms. The molecule has 1 saturated carbocycles. The highest BCUT2D eigenvalue weighted by molar-refractivity contribution is 5.89. The van der Waals surface area contributed by atoms with E-state index in [1.54, 1.807) is 16.7 Å². The van der Waals surface area contributed by atoms with Crippen molar-refractivity contribution in [2.24, 2.45) is 34.0 Å². The predicted molar refractivity (Wildman–Crippen MR) is 165 cm³/mol. The number of allylic oxidation sites excluding steroid dienone is 5. The molecule has 6 rings (SSSR count). The zero-order chi connectivity index (χ0) is 28.1. The van der Waals surface area contributed by atoms with Gasteiger partial charge < -0.3 is 4.74 Å². The van der Waals surface area contributed by atoms with Crippen molar-refractivity contribution in [3.05, 3.63) is 101 Å². The van der Waals surface area contributed by atoms with Gasteiger partial charge in [-0.15, -0.1) is 0 Å². The minimum Gasteiger partial charge on any atom is -0.458 e. The van der Waals surface area contributed by atoms with Crippen molar-refractivity contribution in [1.82, 2.24) is 0 Å².